The van der Waals surface area contributed by atoms with Crippen molar-refractivity contribution in [1.82, 2.24) is 9.80 Å². The number of ether oxygens (including phenoxy) is 2. The second-order valence-corrected chi connectivity index (χ2v) is 5.56. The van der Waals surface area contributed by atoms with E-state index in [4.69, 9.17) is 9.47 Å². The summed E-state index contributed by atoms with van der Waals surface area (Å²) in [6, 6.07) is 0. The molecular weight excluding hydrogens is 284 g/mol. The Morgan fingerprint density at radius 2 is 1.05 bits per heavy atom. The average molecular weight is 308 g/mol. The smallest absolute Gasteiger partial charge is 0.410 e. The maximum Gasteiger partial charge on any atom is 0.410 e. The lowest BCUT2D eigenvalue weighted by Gasteiger charge is -2.25. The summed E-state index contributed by atoms with van der Waals surface area (Å²) < 4.78 is 10.1. The van der Waals surface area contributed by atoms with Crippen LogP contribution >= 0.6 is 0 Å². The third-order valence-electron chi connectivity index (χ3n) is 3.89. The van der Waals surface area contributed by atoms with Gasteiger partial charge in [0.2, 0.25) is 0 Å². The first-order chi connectivity index (χ1) is 10.8. The van der Waals surface area contributed by atoms with Crippen LogP contribution in [0.4, 0.5) is 9.59 Å². The van der Waals surface area contributed by atoms with E-state index < -0.39 is 0 Å². The lowest BCUT2D eigenvalue weighted by molar-refractivity contribution is 0.104. The van der Waals surface area contributed by atoms with Crippen LogP contribution in [0, 0.1) is 11.8 Å². The Bertz CT molecular complexity index is 391. The van der Waals surface area contributed by atoms with Crippen molar-refractivity contribution in [2.24, 2.45) is 0 Å². The number of amides is 2. The standard InChI is InChI=1S/C16H24N2O4/c19-15(17-9-3-1-4-10-17)21-13-7-8-14-22-16(20)18-11-5-2-6-12-18/h1-6,9-14H2. The maximum absolute atomic E-state index is 11.7. The van der Waals surface area contributed by atoms with Crippen molar-refractivity contribution < 1.29 is 19.1 Å². The topological polar surface area (TPSA) is 59.1 Å². The second kappa shape index (κ2) is 9.19. The molecule has 0 N–H and O–H groups in total. The van der Waals surface area contributed by atoms with Crippen molar-refractivity contribution in [2.45, 2.75) is 38.5 Å². The highest BCUT2D eigenvalue weighted by Gasteiger charge is 2.17. The van der Waals surface area contributed by atoms with Crippen LogP contribution in [0.2, 0.25) is 0 Å². The SMILES string of the molecule is O=C(OCC#CCOC(=O)N1CCCCC1)N1CCCCC1. The van der Waals surface area contributed by atoms with Gasteiger partial charge in [0.25, 0.3) is 0 Å². The van der Waals surface area contributed by atoms with Crippen molar-refractivity contribution in [3.05, 3.63) is 0 Å². The Balaban J connectivity index is 1.56. The maximum atomic E-state index is 11.7. The zero-order valence-corrected chi connectivity index (χ0v) is 13.0. The minimum Gasteiger partial charge on any atom is -0.436 e. The molecule has 2 aliphatic heterocycles. The van der Waals surface area contributed by atoms with Crippen LogP contribution in [0.15, 0.2) is 0 Å². The third kappa shape index (κ3) is 5.47. The number of carbonyl (C=O) groups excluding carboxylic acids is 2. The summed E-state index contributed by atoms with van der Waals surface area (Å²) in [5.74, 6) is 5.40. The molecule has 6 heteroatoms. The van der Waals surface area contributed by atoms with Crippen LogP contribution < -0.4 is 0 Å². The van der Waals surface area contributed by atoms with E-state index in [1.807, 2.05) is 0 Å². The van der Waals surface area contributed by atoms with Crippen LogP contribution in [0.5, 0.6) is 0 Å². The molecule has 2 rings (SSSR count). The molecule has 0 aromatic carbocycles. The minimum atomic E-state index is -0.306. The Morgan fingerprint density at radius 1 is 0.682 bits per heavy atom. The summed E-state index contributed by atoms with van der Waals surface area (Å²) >= 11 is 0. The summed E-state index contributed by atoms with van der Waals surface area (Å²) in [6.45, 7) is 3.13. The highest BCUT2D eigenvalue weighted by Crippen LogP contribution is 2.10. The molecule has 0 aromatic rings. The van der Waals surface area contributed by atoms with E-state index in [-0.39, 0.29) is 25.4 Å². The highest BCUT2D eigenvalue weighted by atomic mass is 16.6. The molecule has 0 aromatic heterocycles. The zero-order valence-electron chi connectivity index (χ0n) is 13.0. The van der Waals surface area contributed by atoms with Gasteiger partial charge in [0.1, 0.15) is 0 Å². The summed E-state index contributed by atoms with van der Waals surface area (Å²) in [7, 11) is 0. The van der Waals surface area contributed by atoms with Crippen LogP contribution in [0.3, 0.4) is 0 Å². The molecule has 0 bridgehead atoms. The van der Waals surface area contributed by atoms with E-state index in [9.17, 15) is 9.59 Å². The minimum absolute atomic E-state index is 0.0383. The van der Waals surface area contributed by atoms with E-state index in [0.717, 1.165) is 51.9 Å². The summed E-state index contributed by atoms with van der Waals surface area (Å²) in [5, 5.41) is 0. The van der Waals surface area contributed by atoms with Gasteiger partial charge in [-0.1, -0.05) is 11.8 Å². The monoisotopic (exact) mass is 308 g/mol. The normalized spacial score (nSPS) is 18.2. The average Bonchev–Trinajstić information content (AvgIpc) is 2.59. The lowest BCUT2D eigenvalue weighted by Crippen LogP contribution is -2.36. The Labute approximate surface area is 131 Å². The van der Waals surface area contributed by atoms with Crippen molar-refractivity contribution in [1.29, 1.82) is 0 Å². The molecule has 0 radical (unpaired) electrons. The van der Waals surface area contributed by atoms with E-state index in [1.165, 1.54) is 12.8 Å². The number of nitrogens with zero attached hydrogens (tertiary/aromatic N) is 2. The molecule has 0 unspecified atom stereocenters. The van der Waals surface area contributed by atoms with E-state index >= 15 is 0 Å². The number of hydrogen-bond donors (Lipinski definition) is 0. The van der Waals surface area contributed by atoms with Crippen molar-refractivity contribution in [3.63, 3.8) is 0 Å². The molecule has 0 saturated carbocycles. The Hall–Kier alpha value is -1.90. The van der Waals surface area contributed by atoms with Gasteiger partial charge in [-0.05, 0) is 38.5 Å². The van der Waals surface area contributed by atoms with Crippen LogP contribution in [0.1, 0.15) is 38.5 Å². The van der Waals surface area contributed by atoms with Crippen molar-refractivity contribution >= 4 is 12.2 Å². The summed E-state index contributed by atoms with van der Waals surface area (Å²) in [4.78, 5) is 26.8. The molecular formula is C16H24N2O4. The lowest BCUT2D eigenvalue weighted by atomic mass is 10.1. The fraction of sp³-hybridized carbons (Fsp3) is 0.750. The largest absolute Gasteiger partial charge is 0.436 e. The van der Waals surface area contributed by atoms with Crippen LogP contribution in [-0.2, 0) is 9.47 Å². The molecule has 2 aliphatic rings. The van der Waals surface area contributed by atoms with E-state index in [1.54, 1.807) is 9.80 Å². The Kier molecular flexibility index (Phi) is 6.88. The van der Waals surface area contributed by atoms with E-state index in [0.29, 0.717) is 0 Å². The quantitative estimate of drug-likeness (QED) is 0.734. The predicted octanol–water partition coefficient (Wildman–Crippen LogP) is 2.23. The molecule has 2 amide bonds. The van der Waals surface area contributed by atoms with Gasteiger partial charge in [0.05, 0.1) is 0 Å². The van der Waals surface area contributed by atoms with Gasteiger partial charge < -0.3 is 19.3 Å². The number of hydrogen-bond acceptors (Lipinski definition) is 4. The van der Waals surface area contributed by atoms with Gasteiger partial charge in [-0.25, -0.2) is 9.59 Å². The van der Waals surface area contributed by atoms with Gasteiger partial charge in [0, 0.05) is 26.2 Å². The highest BCUT2D eigenvalue weighted by molar-refractivity contribution is 5.68. The van der Waals surface area contributed by atoms with Gasteiger partial charge in [-0.15, -0.1) is 0 Å². The van der Waals surface area contributed by atoms with Gasteiger partial charge in [-0.3, -0.25) is 0 Å². The first-order valence-electron chi connectivity index (χ1n) is 8.06. The first-order valence-corrected chi connectivity index (χ1v) is 8.06. The first kappa shape index (κ1) is 16.5. The molecule has 0 spiro atoms. The Morgan fingerprint density at radius 3 is 1.41 bits per heavy atom. The van der Waals surface area contributed by atoms with Crippen molar-refractivity contribution in [3.8, 4) is 11.8 Å². The molecule has 122 valence electrons. The fourth-order valence-corrected chi connectivity index (χ4v) is 2.63. The molecule has 0 aliphatic carbocycles. The summed E-state index contributed by atoms with van der Waals surface area (Å²) in [6.07, 6.45) is 5.87. The number of likely N-dealkylation sites (tertiary alicyclic amines) is 2. The molecule has 6 nitrogen and oxygen atoms in total. The second-order valence-electron chi connectivity index (χ2n) is 5.56. The van der Waals surface area contributed by atoms with Gasteiger partial charge in [-0.2, -0.15) is 0 Å². The molecule has 2 fully saturated rings. The zero-order chi connectivity index (χ0) is 15.6. The number of carbonyl (C=O) groups is 2. The molecule has 0 atom stereocenters. The van der Waals surface area contributed by atoms with Crippen molar-refractivity contribution in [2.75, 3.05) is 39.4 Å². The van der Waals surface area contributed by atoms with Crippen LogP contribution in [-0.4, -0.2) is 61.4 Å². The summed E-state index contributed by atoms with van der Waals surface area (Å²) in [5.41, 5.74) is 0. The molecule has 2 saturated heterocycles. The third-order valence-corrected chi connectivity index (χ3v) is 3.89. The van der Waals surface area contributed by atoms with Gasteiger partial charge >= 0.3 is 12.2 Å². The van der Waals surface area contributed by atoms with Crippen LogP contribution in [0.25, 0.3) is 0 Å². The number of rotatable bonds is 2. The number of piperidine rings is 2. The predicted molar refractivity (Wildman–Crippen MR) is 81.3 cm³/mol. The fourth-order valence-electron chi connectivity index (χ4n) is 2.63. The van der Waals surface area contributed by atoms with Gasteiger partial charge in [0.15, 0.2) is 13.2 Å². The molecule has 2 heterocycles. The van der Waals surface area contributed by atoms with E-state index in [2.05, 4.69) is 11.8 Å². The molecule has 22 heavy (non-hydrogen) atoms.